The van der Waals surface area contributed by atoms with Gasteiger partial charge in [0.15, 0.2) is 0 Å². The summed E-state index contributed by atoms with van der Waals surface area (Å²) in [5, 5.41) is 8.84. The molecule has 0 amide bonds. The molecule has 0 aliphatic heterocycles. The molecule has 0 radical (unpaired) electrons. The predicted octanol–water partition coefficient (Wildman–Crippen LogP) is 2.35. The lowest BCUT2D eigenvalue weighted by molar-refractivity contribution is -0.131. The minimum atomic E-state index is -0.887. The number of hydrogen-bond donors (Lipinski definition) is 1. The number of hydrogen-bond acceptors (Lipinski definition) is 2. The molecule has 1 aromatic heterocycles. The molecular weight excluding hydrogens is 190 g/mol. The molecule has 0 bridgehead atoms. The normalized spacial score (nSPS) is 18.6. The fraction of sp³-hybridized carbons (Fsp3) is 0.333. The highest BCUT2D eigenvalue weighted by Crippen LogP contribution is 2.54. The quantitative estimate of drug-likeness (QED) is 0.767. The maximum Gasteiger partial charge on any atom is 0.328 e. The first kappa shape index (κ1) is 9.90. The number of carboxylic acid groups (broad SMARTS) is 1. The van der Waals surface area contributed by atoms with E-state index in [0.717, 1.165) is 24.0 Å². The first-order valence-corrected chi connectivity index (χ1v) is 4.97. The number of rotatable bonds is 3. The van der Waals surface area contributed by atoms with Crippen LogP contribution in [0, 0.1) is 5.41 Å². The minimum Gasteiger partial charge on any atom is -0.478 e. The standard InChI is InChI=1S/C12H13NO2/c1-12(4-5-12)10(7-11(14)15)9-3-2-6-13-8-9/h2-3,6-8H,4-5H2,1H3,(H,14,15)/b10-7-. The van der Waals surface area contributed by atoms with Crippen molar-refractivity contribution >= 4 is 11.5 Å². The van der Waals surface area contributed by atoms with E-state index in [1.54, 1.807) is 12.4 Å². The second kappa shape index (κ2) is 3.50. The zero-order chi connectivity index (χ0) is 10.9. The number of allylic oxidation sites excluding steroid dienone is 1. The van der Waals surface area contributed by atoms with E-state index in [9.17, 15) is 4.79 Å². The molecular formula is C12H13NO2. The van der Waals surface area contributed by atoms with Crippen LogP contribution in [0.5, 0.6) is 0 Å². The van der Waals surface area contributed by atoms with Crippen LogP contribution in [0.4, 0.5) is 0 Å². The number of carboxylic acids is 1. The summed E-state index contributed by atoms with van der Waals surface area (Å²) in [6.07, 6.45) is 6.83. The lowest BCUT2D eigenvalue weighted by Crippen LogP contribution is -2.02. The smallest absolute Gasteiger partial charge is 0.328 e. The van der Waals surface area contributed by atoms with Crippen LogP contribution in [-0.2, 0) is 4.79 Å². The second-order valence-electron chi connectivity index (χ2n) is 4.20. The highest BCUT2D eigenvalue weighted by Gasteiger charge is 2.41. The van der Waals surface area contributed by atoms with Gasteiger partial charge in [-0.1, -0.05) is 13.0 Å². The van der Waals surface area contributed by atoms with Crippen LogP contribution in [0.1, 0.15) is 25.3 Å². The van der Waals surface area contributed by atoms with Gasteiger partial charge in [0.2, 0.25) is 0 Å². The SMILES string of the molecule is CC1(/C(=C\C(=O)O)c2cccnc2)CC1. The molecule has 0 saturated heterocycles. The number of aliphatic carboxylic acids is 1. The summed E-state index contributed by atoms with van der Waals surface area (Å²) >= 11 is 0. The second-order valence-corrected chi connectivity index (χ2v) is 4.20. The molecule has 78 valence electrons. The van der Waals surface area contributed by atoms with Gasteiger partial charge in [0.1, 0.15) is 0 Å². The Balaban J connectivity index is 2.40. The van der Waals surface area contributed by atoms with Crippen molar-refractivity contribution in [3.8, 4) is 0 Å². The lowest BCUT2D eigenvalue weighted by Gasteiger charge is -2.13. The van der Waals surface area contributed by atoms with Crippen molar-refractivity contribution in [2.75, 3.05) is 0 Å². The zero-order valence-electron chi connectivity index (χ0n) is 8.60. The van der Waals surface area contributed by atoms with E-state index in [0.29, 0.717) is 0 Å². The molecule has 3 heteroatoms. The fourth-order valence-corrected chi connectivity index (χ4v) is 1.71. The Bertz CT molecular complexity index is 405. The summed E-state index contributed by atoms with van der Waals surface area (Å²) in [7, 11) is 0. The summed E-state index contributed by atoms with van der Waals surface area (Å²) < 4.78 is 0. The molecule has 3 nitrogen and oxygen atoms in total. The Morgan fingerprint density at radius 3 is 2.80 bits per heavy atom. The van der Waals surface area contributed by atoms with E-state index in [2.05, 4.69) is 11.9 Å². The van der Waals surface area contributed by atoms with Gasteiger partial charge in [0, 0.05) is 18.5 Å². The molecule has 1 heterocycles. The van der Waals surface area contributed by atoms with Crippen LogP contribution in [0.25, 0.3) is 5.57 Å². The minimum absolute atomic E-state index is 0.0431. The van der Waals surface area contributed by atoms with Crippen molar-refractivity contribution in [3.05, 3.63) is 36.2 Å². The first-order valence-electron chi connectivity index (χ1n) is 4.97. The molecule has 2 rings (SSSR count). The van der Waals surface area contributed by atoms with Gasteiger partial charge in [0.25, 0.3) is 0 Å². The Kier molecular flexibility index (Phi) is 2.31. The van der Waals surface area contributed by atoms with Crippen LogP contribution in [-0.4, -0.2) is 16.1 Å². The van der Waals surface area contributed by atoms with Crippen molar-refractivity contribution in [3.63, 3.8) is 0 Å². The molecule has 0 atom stereocenters. The summed E-state index contributed by atoms with van der Waals surface area (Å²) in [4.78, 5) is 14.8. The Morgan fingerprint density at radius 2 is 2.33 bits per heavy atom. The van der Waals surface area contributed by atoms with Gasteiger partial charge in [-0.3, -0.25) is 4.98 Å². The molecule has 1 aromatic rings. The van der Waals surface area contributed by atoms with E-state index >= 15 is 0 Å². The van der Waals surface area contributed by atoms with Gasteiger partial charge in [-0.25, -0.2) is 4.79 Å². The largest absolute Gasteiger partial charge is 0.478 e. The van der Waals surface area contributed by atoms with Gasteiger partial charge in [-0.15, -0.1) is 0 Å². The highest BCUT2D eigenvalue weighted by atomic mass is 16.4. The van der Waals surface area contributed by atoms with E-state index < -0.39 is 5.97 Å². The number of carbonyl (C=O) groups is 1. The third-order valence-corrected chi connectivity index (χ3v) is 2.89. The Morgan fingerprint density at radius 1 is 1.60 bits per heavy atom. The van der Waals surface area contributed by atoms with Crippen LogP contribution in [0.2, 0.25) is 0 Å². The summed E-state index contributed by atoms with van der Waals surface area (Å²) in [6, 6.07) is 3.74. The molecule has 1 saturated carbocycles. The van der Waals surface area contributed by atoms with Crippen molar-refractivity contribution in [2.24, 2.45) is 5.41 Å². The number of nitrogens with zero attached hydrogens (tertiary/aromatic N) is 1. The lowest BCUT2D eigenvalue weighted by atomic mass is 9.92. The molecule has 0 aromatic carbocycles. The van der Waals surface area contributed by atoms with Crippen LogP contribution >= 0.6 is 0 Å². The average Bonchev–Trinajstić information content (AvgIpc) is 2.95. The number of aromatic nitrogens is 1. The maximum absolute atomic E-state index is 10.8. The van der Waals surface area contributed by atoms with Gasteiger partial charge in [-0.2, -0.15) is 0 Å². The van der Waals surface area contributed by atoms with Gasteiger partial charge in [-0.05, 0) is 35.5 Å². The summed E-state index contributed by atoms with van der Waals surface area (Å²) in [5.41, 5.74) is 1.85. The van der Waals surface area contributed by atoms with Crippen LogP contribution < -0.4 is 0 Å². The Labute approximate surface area is 88.5 Å². The number of pyridine rings is 1. The summed E-state index contributed by atoms with van der Waals surface area (Å²) in [5.74, 6) is -0.887. The third kappa shape index (κ3) is 2.06. The molecule has 15 heavy (non-hydrogen) atoms. The van der Waals surface area contributed by atoms with E-state index in [4.69, 9.17) is 5.11 Å². The van der Waals surface area contributed by atoms with Crippen molar-refractivity contribution in [2.45, 2.75) is 19.8 Å². The molecule has 1 aliphatic carbocycles. The van der Waals surface area contributed by atoms with Crippen molar-refractivity contribution in [1.29, 1.82) is 0 Å². The highest BCUT2D eigenvalue weighted by molar-refractivity contribution is 5.92. The van der Waals surface area contributed by atoms with Gasteiger partial charge in [0.05, 0.1) is 0 Å². The monoisotopic (exact) mass is 203 g/mol. The first-order chi connectivity index (χ1) is 7.12. The molecule has 0 unspecified atom stereocenters. The van der Waals surface area contributed by atoms with E-state index in [1.807, 2.05) is 12.1 Å². The molecule has 1 N–H and O–H groups in total. The molecule has 1 aliphatic rings. The van der Waals surface area contributed by atoms with Crippen molar-refractivity contribution < 1.29 is 9.90 Å². The average molecular weight is 203 g/mol. The maximum atomic E-state index is 10.8. The predicted molar refractivity (Wildman–Crippen MR) is 57.2 cm³/mol. The summed E-state index contributed by atoms with van der Waals surface area (Å²) in [6.45, 7) is 2.09. The third-order valence-electron chi connectivity index (χ3n) is 2.89. The Hall–Kier alpha value is -1.64. The fourth-order valence-electron chi connectivity index (χ4n) is 1.71. The van der Waals surface area contributed by atoms with E-state index in [-0.39, 0.29) is 5.41 Å². The van der Waals surface area contributed by atoms with Crippen molar-refractivity contribution in [1.82, 2.24) is 4.98 Å². The molecule has 1 fully saturated rings. The van der Waals surface area contributed by atoms with E-state index in [1.165, 1.54) is 6.08 Å². The molecule has 0 spiro atoms. The topological polar surface area (TPSA) is 50.2 Å². The van der Waals surface area contributed by atoms with Gasteiger partial charge >= 0.3 is 5.97 Å². The van der Waals surface area contributed by atoms with Gasteiger partial charge < -0.3 is 5.11 Å². The van der Waals surface area contributed by atoms with Crippen LogP contribution in [0.3, 0.4) is 0 Å². The zero-order valence-corrected chi connectivity index (χ0v) is 8.60. The van der Waals surface area contributed by atoms with Crippen LogP contribution in [0.15, 0.2) is 30.6 Å².